The van der Waals surface area contributed by atoms with Gasteiger partial charge in [0.25, 0.3) is 0 Å². The Hall–Kier alpha value is -1.62. The molecule has 0 saturated heterocycles. The first kappa shape index (κ1) is 10.9. The van der Waals surface area contributed by atoms with E-state index in [1.807, 2.05) is 25.1 Å². The Bertz CT molecular complexity index is 515. The average Bonchev–Trinajstić information content (AvgIpc) is 2.63. The highest BCUT2D eigenvalue weighted by Gasteiger charge is 2.04. The van der Waals surface area contributed by atoms with Crippen molar-refractivity contribution in [1.29, 1.82) is 0 Å². The molecule has 0 aliphatic rings. The molecular weight excluding hydrogens is 206 g/mol. The van der Waals surface area contributed by atoms with Crippen molar-refractivity contribution < 1.29 is 4.74 Å². The molecule has 86 valence electrons. The van der Waals surface area contributed by atoms with E-state index in [1.165, 1.54) is 4.68 Å². The second kappa shape index (κ2) is 4.94. The lowest BCUT2D eigenvalue weighted by atomic mass is 10.4. The summed E-state index contributed by atoms with van der Waals surface area (Å²) in [6, 6.07) is 5.51. The van der Waals surface area contributed by atoms with Crippen molar-refractivity contribution in [2.24, 2.45) is 0 Å². The van der Waals surface area contributed by atoms with Gasteiger partial charge in [-0.3, -0.25) is 4.40 Å². The summed E-state index contributed by atoms with van der Waals surface area (Å²) in [7, 11) is 0. The minimum Gasteiger partial charge on any atom is -0.382 e. The van der Waals surface area contributed by atoms with Crippen molar-refractivity contribution in [3.8, 4) is 0 Å². The van der Waals surface area contributed by atoms with Crippen LogP contribution in [0.4, 0.5) is 0 Å². The molecule has 0 aromatic carbocycles. The third-order valence-electron chi connectivity index (χ3n) is 2.35. The summed E-state index contributed by atoms with van der Waals surface area (Å²) < 4.78 is 8.24. The Balaban J connectivity index is 2.13. The summed E-state index contributed by atoms with van der Waals surface area (Å²) in [5.74, 6) is 0. The van der Waals surface area contributed by atoms with Gasteiger partial charge in [0.05, 0.1) is 0 Å². The van der Waals surface area contributed by atoms with Crippen LogP contribution in [0.15, 0.2) is 29.2 Å². The predicted molar refractivity (Wildman–Crippen MR) is 60.6 cm³/mol. The highest BCUT2D eigenvalue weighted by molar-refractivity contribution is 5.35. The second-order valence-electron chi connectivity index (χ2n) is 3.49. The topological polar surface area (TPSA) is 48.5 Å². The molecule has 0 unspecified atom stereocenters. The number of aryl methyl sites for hydroxylation is 1. The number of rotatable bonds is 5. The Morgan fingerprint density at radius 3 is 3.06 bits per heavy atom. The minimum absolute atomic E-state index is 0.0906. The van der Waals surface area contributed by atoms with Crippen LogP contribution in [0.2, 0.25) is 0 Å². The fourth-order valence-electron chi connectivity index (χ4n) is 1.57. The lowest BCUT2D eigenvalue weighted by Crippen LogP contribution is -2.21. The zero-order valence-corrected chi connectivity index (χ0v) is 9.30. The average molecular weight is 221 g/mol. The van der Waals surface area contributed by atoms with Crippen LogP contribution in [-0.4, -0.2) is 27.4 Å². The van der Waals surface area contributed by atoms with Crippen LogP contribution in [0, 0.1) is 0 Å². The molecule has 0 aliphatic carbocycles. The van der Waals surface area contributed by atoms with Gasteiger partial charge in [-0.2, -0.15) is 0 Å². The van der Waals surface area contributed by atoms with Gasteiger partial charge in [-0.15, -0.1) is 5.10 Å². The van der Waals surface area contributed by atoms with Crippen molar-refractivity contribution in [3.05, 3.63) is 34.9 Å². The molecule has 0 aliphatic heterocycles. The van der Waals surface area contributed by atoms with Crippen LogP contribution in [0.1, 0.15) is 13.3 Å². The fraction of sp³-hybridized carbons (Fsp3) is 0.455. The molecular formula is C11H15N3O2. The van der Waals surface area contributed by atoms with E-state index in [0.717, 1.165) is 6.42 Å². The van der Waals surface area contributed by atoms with Crippen LogP contribution >= 0.6 is 0 Å². The molecule has 5 nitrogen and oxygen atoms in total. The monoisotopic (exact) mass is 221 g/mol. The van der Waals surface area contributed by atoms with Crippen molar-refractivity contribution in [3.63, 3.8) is 0 Å². The maximum atomic E-state index is 11.8. The summed E-state index contributed by atoms with van der Waals surface area (Å²) in [6.45, 7) is 3.93. The maximum Gasteiger partial charge on any atom is 0.350 e. The normalized spacial score (nSPS) is 11.1. The lowest BCUT2D eigenvalue weighted by molar-refractivity contribution is 0.140. The van der Waals surface area contributed by atoms with Crippen LogP contribution in [0.5, 0.6) is 0 Å². The molecule has 2 rings (SSSR count). The summed E-state index contributed by atoms with van der Waals surface area (Å²) in [4.78, 5) is 11.8. The van der Waals surface area contributed by atoms with Gasteiger partial charge in [0, 0.05) is 26.0 Å². The molecule has 0 radical (unpaired) electrons. The number of fused-ring (bicyclic) bond motifs is 1. The van der Waals surface area contributed by atoms with Gasteiger partial charge in [0.2, 0.25) is 0 Å². The predicted octanol–water partition coefficient (Wildman–Crippen LogP) is 0.923. The summed E-state index contributed by atoms with van der Waals surface area (Å²) in [5, 5.41) is 4.22. The number of nitrogens with zero attached hydrogens (tertiary/aromatic N) is 3. The summed E-state index contributed by atoms with van der Waals surface area (Å²) >= 11 is 0. The quantitative estimate of drug-likeness (QED) is 0.705. The van der Waals surface area contributed by atoms with E-state index in [4.69, 9.17) is 4.74 Å². The molecule has 0 saturated carbocycles. The highest BCUT2D eigenvalue weighted by atomic mass is 16.5. The van der Waals surface area contributed by atoms with Crippen LogP contribution < -0.4 is 5.69 Å². The standard InChI is InChI=1S/C11H15N3O2/c1-2-16-9-5-8-14-11(15)13-7-4-3-6-10(13)12-14/h3-4,6-7H,2,5,8-9H2,1H3. The van der Waals surface area contributed by atoms with Gasteiger partial charge in [-0.25, -0.2) is 9.48 Å². The molecule has 2 aromatic rings. The molecule has 0 bridgehead atoms. The summed E-state index contributed by atoms with van der Waals surface area (Å²) in [5.41, 5.74) is 0.594. The van der Waals surface area contributed by atoms with Gasteiger partial charge in [0.1, 0.15) is 0 Å². The first-order chi connectivity index (χ1) is 7.83. The number of aromatic nitrogens is 3. The molecule has 2 heterocycles. The fourth-order valence-corrected chi connectivity index (χ4v) is 1.57. The Kier molecular flexibility index (Phi) is 3.36. The van der Waals surface area contributed by atoms with E-state index in [9.17, 15) is 4.79 Å². The molecule has 0 fully saturated rings. The van der Waals surface area contributed by atoms with E-state index < -0.39 is 0 Å². The van der Waals surface area contributed by atoms with E-state index >= 15 is 0 Å². The summed E-state index contributed by atoms with van der Waals surface area (Å²) in [6.07, 6.45) is 2.53. The molecule has 0 spiro atoms. The van der Waals surface area contributed by atoms with Crippen molar-refractivity contribution in [2.45, 2.75) is 19.9 Å². The van der Waals surface area contributed by atoms with Crippen molar-refractivity contribution in [2.75, 3.05) is 13.2 Å². The van der Waals surface area contributed by atoms with Crippen LogP contribution in [-0.2, 0) is 11.3 Å². The number of pyridine rings is 1. The third-order valence-corrected chi connectivity index (χ3v) is 2.35. The molecule has 0 atom stereocenters. The minimum atomic E-state index is -0.0906. The lowest BCUT2D eigenvalue weighted by Gasteiger charge is -1.99. The van der Waals surface area contributed by atoms with Gasteiger partial charge in [-0.05, 0) is 25.5 Å². The molecule has 0 amide bonds. The maximum absolute atomic E-state index is 11.8. The molecule has 16 heavy (non-hydrogen) atoms. The number of hydrogen-bond acceptors (Lipinski definition) is 3. The van der Waals surface area contributed by atoms with Gasteiger partial charge in [-0.1, -0.05) is 6.07 Å². The first-order valence-corrected chi connectivity index (χ1v) is 5.45. The van der Waals surface area contributed by atoms with E-state index in [2.05, 4.69) is 5.10 Å². The van der Waals surface area contributed by atoms with Crippen molar-refractivity contribution >= 4 is 5.65 Å². The highest BCUT2D eigenvalue weighted by Crippen LogP contribution is 1.95. The van der Waals surface area contributed by atoms with Crippen LogP contribution in [0.25, 0.3) is 5.65 Å². The Labute approximate surface area is 93.3 Å². The zero-order valence-electron chi connectivity index (χ0n) is 9.30. The Morgan fingerprint density at radius 1 is 1.44 bits per heavy atom. The third kappa shape index (κ3) is 2.14. The molecule has 5 heteroatoms. The second-order valence-corrected chi connectivity index (χ2v) is 3.49. The van der Waals surface area contributed by atoms with Gasteiger partial charge >= 0.3 is 5.69 Å². The Morgan fingerprint density at radius 2 is 2.31 bits per heavy atom. The number of hydrogen-bond donors (Lipinski definition) is 0. The van der Waals surface area contributed by atoms with E-state index in [1.54, 1.807) is 10.6 Å². The largest absolute Gasteiger partial charge is 0.382 e. The first-order valence-electron chi connectivity index (χ1n) is 5.45. The molecule has 0 N–H and O–H groups in total. The molecule has 2 aromatic heterocycles. The van der Waals surface area contributed by atoms with Gasteiger partial charge in [0.15, 0.2) is 5.65 Å². The van der Waals surface area contributed by atoms with E-state index in [-0.39, 0.29) is 5.69 Å². The van der Waals surface area contributed by atoms with Crippen LogP contribution in [0.3, 0.4) is 0 Å². The SMILES string of the molecule is CCOCCCn1nc2ccccn2c1=O. The van der Waals surface area contributed by atoms with Gasteiger partial charge < -0.3 is 4.74 Å². The zero-order chi connectivity index (χ0) is 11.4. The van der Waals surface area contributed by atoms with E-state index in [0.29, 0.717) is 25.4 Å². The smallest absolute Gasteiger partial charge is 0.350 e. The number of ether oxygens (including phenoxy) is 1. The van der Waals surface area contributed by atoms with Crippen molar-refractivity contribution in [1.82, 2.24) is 14.2 Å².